The molecule has 3 fully saturated rings. The molecule has 3 saturated heterocycles. The highest BCUT2D eigenvalue weighted by Gasteiger charge is 2.45. The summed E-state index contributed by atoms with van der Waals surface area (Å²) in [6, 6.07) is -13.1. The number of aliphatic carboxylic acids is 4. The van der Waals surface area contributed by atoms with Gasteiger partial charge in [0.2, 0.25) is 70.9 Å². The van der Waals surface area contributed by atoms with E-state index in [1.165, 1.54) is 51.7 Å². The van der Waals surface area contributed by atoms with Crippen LogP contribution in [0.15, 0.2) is 24.3 Å². The van der Waals surface area contributed by atoms with Crippen LogP contribution >= 0.6 is 0 Å². The standard InChI is InChI=1S/C64H96N14O22/c1-7-8-9-10-11-12-13-16-26-100-38-22-20-37(21-23-38)54(88)66-30-44(79)71-41(29-49(86)87)57(91)76-53-36(6)69-58(92)43-19-17-25-78(43)62(96)50(33(2)3)74-61(95)52(35(5)65)73-46(81)32-68-55(89)39(27-47(82)83)70-45(80)31-67-56(90)40(28-48(84)85)72-60(94)51(34(4)64(98)99)75-59(93)42-18-14-15-24-77(42)63(53)97/h20-23,33-36,39-43,50-53H,7-19,24-32,65H2,1-6H3,(H,66,88)(H,67,90)(H,68,89)(H,69,92)(H,70,80)(H,71,79)(H,72,94)(H,73,81)(H,74,95)(H,75,93)(H,76,91)(H,82,83)(H,84,85)(H,86,87)(H,98,99). The number of hydrogen-bond acceptors (Lipinski definition) is 19. The van der Waals surface area contributed by atoms with Gasteiger partial charge in [0.15, 0.2) is 0 Å². The molecule has 36 nitrogen and oxygen atoms in total. The summed E-state index contributed by atoms with van der Waals surface area (Å²) in [5.74, 6) is -23.7. The summed E-state index contributed by atoms with van der Waals surface area (Å²) in [6.07, 6.45) is 5.69. The van der Waals surface area contributed by atoms with E-state index in [1.807, 2.05) is 16.0 Å². The van der Waals surface area contributed by atoms with Crippen LogP contribution in [0.3, 0.4) is 0 Å². The van der Waals surface area contributed by atoms with Crippen molar-refractivity contribution in [3.63, 3.8) is 0 Å². The van der Waals surface area contributed by atoms with E-state index in [0.717, 1.165) is 42.4 Å². The topological polar surface area (TPSA) is 545 Å². The van der Waals surface area contributed by atoms with E-state index in [2.05, 4.69) is 49.5 Å². The molecule has 554 valence electrons. The Labute approximate surface area is 577 Å². The highest BCUT2D eigenvalue weighted by atomic mass is 16.5. The Morgan fingerprint density at radius 1 is 0.590 bits per heavy atom. The molecule has 0 radical (unpaired) electrons. The van der Waals surface area contributed by atoms with Crippen LogP contribution in [0.4, 0.5) is 0 Å². The van der Waals surface area contributed by atoms with Crippen LogP contribution in [-0.2, 0) is 76.7 Å². The zero-order valence-electron chi connectivity index (χ0n) is 57.0. The number of hydrogen-bond donors (Lipinski definition) is 16. The number of unbranched alkanes of at least 4 members (excludes halogenated alkanes) is 7. The molecule has 12 unspecified atom stereocenters. The van der Waals surface area contributed by atoms with Gasteiger partial charge in [-0.25, -0.2) is 0 Å². The molecule has 3 heterocycles. The molecular weight excluding hydrogens is 1320 g/mol. The van der Waals surface area contributed by atoms with Crippen molar-refractivity contribution >= 4 is 101 Å². The number of nitrogens with one attached hydrogen (secondary N) is 11. The molecule has 0 spiro atoms. The molecule has 0 bridgehead atoms. The molecule has 3 aliphatic heterocycles. The highest BCUT2D eigenvalue weighted by Crippen LogP contribution is 2.24. The Hall–Kier alpha value is -10.0. The number of rotatable bonds is 26. The molecular formula is C64H96N14O22. The smallest absolute Gasteiger partial charge is 0.308 e. The summed E-state index contributed by atoms with van der Waals surface area (Å²) >= 11 is 0. The van der Waals surface area contributed by atoms with Crippen molar-refractivity contribution < 1.29 is 107 Å². The quantitative estimate of drug-likeness (QED) is 0.0402. The number of benzene rings is 1. The number of carbonyl (C=O) groups excluding carboxylic acids is 13. The second-order valence-corrected chi connectivity index (χ2v) is 25.3. The van der Waals surface area contributed by atoms with Gasteiger partial charge in [-0.1, -0.05) is 65.7 Å². The Kier molecular flexibility index (Phi) is 33.6. The van der Waals surface area contributed by atoms with Gasteiger partial charge < -0.3 is 99.2 Å². The average molecular weight is 1410 g/mol. The van der Waals surface area contributed by atoms with E-state index < -0.39 is 218 Å². The Morgan fingerprint density at radius 2 is 1.11 bits per heavy atom. The Bertz CT molecular complexity index is 3130. The fraction of sp³-hybridized carbons (Fsp3) is 0.641. The first-order chi connectivity index (χ1) is 47.2. The Balaban J connectivity index is 1.73. The lowest BCUT2D eigenvalue weighted by molar-refractivity contribution is -0.150. The second-order valence-electron chi connectivity index (χ2n) is 25.3. The molecule has 13 amide bonds. The fourth-order valence-electron chi connectivity index (χ4n) is 11.3. The van der Waals surface area contributed by atoms with Crippen molar-refractivity contribution in [2.75, 3.05) is 39.3 Å². The van der Waals surface area contributed by atoms with Crippen LogP contribution < -0.4 is 69.0 Å². The van der Waals surface area contributed by atoms with Crippen LogP contribution in [0.5, 0.6) is 5.75 Å². The van der Waals surface area contributed by atoms with E-state index in [4.69, 9.17) is 10.5 Å². The maximum absolute atomic E-state index is 15.3. The number of piperidine rings is 1. The third-order valence-electron chi connectivity index (χ3n) is 16.9. The van der Waals surface area contributed by atoms with Crippen molar-refractivity contribution in [1.82, 2.24) is 68.3 Å². The van der Waals surface area contributed by atoms with E-state index >= 15 is 4.79 Å². The third kappa shape index (κ3) is 26.3. The molecule has 0 saturated carbocycles. The highest BCUT2D eigenvalue weighted by molar-refractivity contribution is 6.02. The molecule has 17 N–H and O–H groups in total. The lowest BCUT2D eigenvalue weighted by Crippen LogP contribution is -2.66. The molecule has 4 rings (SSSR count). The third-order valence-corrected chi connectivity index (χ3v) is 16.9. The summed E-state index contributed by atoms with van der Waals surface area (Å²) in [7, 11) is 0. The SMILES string of the molecule is CCCCCCCCCCOc1ccc(C(=O)NCC(=O)NC(CC(=O)O)C(=O)NC2C(=O)N3CCCCC3C(=O)NC(C(C)C(=O)O)C(=O)NC(CC(=O)O)C(=O)NCC(=O)NC(CC(=O)O)C(=O)NCC(=O)NC(C(C)N)C(=O)NC(C(C)C)C(=O)N3CCCC3C(=O)NC2C)cc1. The normalized spacial score (nSPS) is 23.8. The zero-order valence-corrected chi connectivity index (χ0v) is 57.0. The van der Waals surface area contributed by atoms with Gasteiger partial charge in [-0.2, -0.15) is 0 Å². The van der Waals surface area contributed by atoms with Gasteiger partial charge in [-0.3, -0.25) is 81.5 Å². The van der Waals surface area contributed by atoms with E-state index in [9.17, 15) is 97.1 Å². The molecule has 100 heavy (non-hydrogen) atoms. The second kappa shape index (κ2) is 40.8. The van der Waals surface area contributed by atoms with Crippen molar-refractivity contribution in [2.45, 2.75) is 211 Å². The zero-order chi connectivity index (χ0) is 74.5. The van der Waals surface area contributed by atoms with Crippen LogP contribution in [0.1, 0.15) is 155 Å². The minimum absolute atomic E-state index is 0.0166. The summed E-state index contributed by atoms with van der Waals surface area (Å²) in [6.45, 7) is 5.94. The van der Waals surface area contributed by atoms with Crippen LogP contribution in [0.2, 0.25) is 0 Å². The summed E-state index contributed by atoms with van der Waals surface area (Å²) in [5.41, 5.74) is 6.24. The number of ether oxygens (including phenoxy) is 1. The minimum Gasteiger partial charge on any atom is -0.494 e. The van der Waals surface area contributed by atoms with Gasteiger partial charge in [0, 0.05) is 24.7 Å². The molecule has 0 aliphatic carbocycles. The number of nitrogens with two attached hydrogens (primary N) is 1. The maximum Gasteiger partial charge on any atom is 0.308 e. The van der Waals surface area contributed by atoms with Crippen LogP contribution in [0, 0.1) is 11.8 Å². The predicted octanol–water partition coefficient (Wildman–Crippen LogP) is -3.40. The van der Waals surface area contributed by atoms with Gasteiger partial charge in [-0.15, -0.1) is 0 Å². The summed E-state index contributed by atoms with van der Waals surface area (Å²) < 4.78 is 5.82. The lowest BCUT2D eigenvalue weighted by atomic mass is 9.96. The molecule has 36 heteroatoms. The first-order valence-corrected chi connectivity index (χ1v) is 33.5. The number of carboxylic acids is 4. The van der Waals surface area contributed by atoms with Gasteiger partial charge in [-0.05, 0) is 89.5 Å². The number of carbonyl (C=O) groups is 17. The monoisotopic (exact) mass is 1410 g/mol. The number of fused-ring (bicyclic) bond motifs is 2. The van der Waals surface area contributed by atoms with Crippen LogP contribution in [0.25, 0.3) is 0 Å². The minimum atomic E-state index is -2.18. The number of carboxylic acid groups (broad SMARTS) is 4. The summed E-state index contributed by atoms with van der Waals surface area (Å²) in [5, 5.41) is 64.5. The summed E-state index contributed by atoms with van der Waals surface area (Å²) in [4.78, 5) is 233. The largest absolute Gasteiger partial charge is 0.494 e. The van der Waals surface area contributed by atoms with Crippen molar-refractivity contribution in [3.05, 3.63) is 29.8 Å². The van der Waals surface area contributed by atoms with Gasteiger partial charge in [0.25, 0.3) is 5.91 Å². The molecule has 1 aromatic carbocycles. The molecule has 3 aliphatic rings. The van der Waals surface area contributed by atoms with Crippen molar-refractivity contribution in [3.8, 4) is 5.75 Å². The van der Waals surface area contributed by atoms with E-state index in [1.54, 1.807) is 26.0 Å². The van der Waals surface area contributed by atoms with Gasteiger partial charge in [0.05, 0.1) is 57.5 Å². The number of nitrogens with zero attached hydrogens (tertiary/aromatic N) is 2. The van der Waals surface area contributed by atoms with Crippen molar-refractivity contribution in [1.29, 1.82) is 0 Å². The molecule has 1 aromatic rings. The predicted molar refractivity (Wildman–Crippen MR) is 350 cm³/mol. The maximum atomic E-state index is 15.3. The fourth-order valence-corrected chi connectivity index (χ4v) is 11.3. The van der Waals surface area contributed by atoms with Crippen LogP contribution in [-0.4, -0.2) is 237 Å². The average Bonchev–Trinajstić information content (AvgIpc) is 1.29. The van der Waals surface area contributed by atoms with Crippen molar-refractivity contribution in [2.24, 2.45) is 17.6 Å². The van der Waals surface area contributed by atoms with Gasteiger partial charge in [0.1, 0.15) is 60.1 Å². The lowest BCUT2D eigenvalue weighted by Gasteiger charge is -2.39. The number of amides is 13. The van der Waals surface area contributed by atoms with Gasteiger partial charge >= 0.3 is 23.9 Å². The van der Waals surface area contributed by atoms with E-state index in [0.29, 0.717) is 12.4 Å². The first-order valence-electron chi connectivity index (χ1n) is 33.5. The van der Waals surface area contributed by atoms with E-state index in [-0.39, 0.29) is 50.8 Å². The Morgan fingerprint density at radius 3 is 1.67 bits per heavy atom. The molecule has 12 atom stereocenters. The molecule has 0 aromatic heterocycles. The first kappa shape index (κ1) is 82.4.